The molecule has 0 spiro atoms. The molecule has 100 valence electrons. The molecule has 0 aliphatic heterocycles. The van der Waals surface area contributed by atoms with E-state index in [0.717, 1.165) is 16.9 Å². The van der Waals surface area contributed by atoms with Crippen molar-refractivity contribution in [2.45, 2.75) is 13.5 Å². The van der Waals surface area contributed by atoms with Gasteiger partial charge in [0.25, 0.3) is 5.91 Å². The molecule has 1 amide bonds. The largest absolute Gasteiger partial charge is 0.347 e. The quantitative estimate of drug-likeness (QED) is 0.945. The van der Waals surface area contributed by atoms with Crippen LogP contribution in [-0.2, 0) is 13.6 Å². The van der Waals surface area contributed by atoms with Gasteiger partial charge in [0.15, 0.2) is 0 Å². The highest BCUT2D eigenvalue weighted by molar-refractivity contribution is 7.11. The summed E-state index contributed by atoms with van der Waals surface area (Å²) in [4.78, 5) is 23.8. The molecule has 0 unspecified atom stereocenters. The fourth-order valence-electron chi connectivity index (χ4n) is 1.59. The number of amides is 1. The molecular weight excluding hydrogens is 284 g/mol. The lowest BCUT2D eigenvalue weighted by atomic mass is 10.2. The minimum absolute atomic E-state index is 0.130. The number of nitrogens with one attached hydrogen (secondary N) is 1. The summed E-state index contributed by atoms with van der Waals surface area (Å²) < 4.78 is 1.47. The van der Waals surface area contributed by atoms with Gasteiger partial charge in [-0.1, -0.05) is 35.1 Å². The van der Waals surface area contributed by atoms with Crippen LogP contribution in [0.3, 0.4) is 0 Å². The third-order valence-electron chi connectivity index (χ3n) is 2.87. The van der Waals surface area contributed by atoms with E-state index in [1.807, 2.05) is 12.1 Å². The molecular formula is C13H13ClN2O2S. The first kappa shape index (κ1) is 13.8. The molecule has 0 saturated heterocycles. The molecule has 0 atom stereocenters. The fourth-order valence-corrected chi connectivity index (χ4v) is 2.62. The van der Waals surface area contributed by atoms with Crippen LogP contribution < -0.4 is 10.2 Å². The van der Waals surface area contributed by atoms with Gasteiger partial charge in [0.2, 0.25) is 0 Å². The number of halogens is 1. The number of hydrogen-bond acceptors (Lipinski definition) is 3. The number of aromatic nitrogens is 1. The van der Waals surface area contributed by atoms with Crippen LogP contribution in [0.4, 0.5) is 0 Å². The smallest absolute Gasteiger partial charge is 0.307 e. The number of nitrogens with zero attached hydrogens (tertiary/aromatic N) is 1. The molecule has 1 heterocycles. The number of rotatable bonds is 3. The van der Waals surface area contributed by atoms with Gasteiger partial charge in [0.1, 0.15) is 4.88 Å². The minimum Gasteiger partial charge on any atom is -0.347 e. The lowest BCUT2D eigenvalue weighted by Gasteiger charge is -2.05. The maximum atomic E-state index is 12.0. The Morgan fingerprint density at radius 2 is 2.00 bits per heavy atom. The lowest BCUT2D eigenvalue weighted by Crippen LogP contribution is -2.22. The van der Waals surface area contributed by atoms with Crippen molar-refractivity contribution >= 4 is 28.8 Å². The number of thiazole rings is 1. The summed E-state index contributed by atoms with van der Waals surface area (Å²) in [6, 6.07) is 7.25. The Morgan fingerprint density at radius 3 is 2.53 bits per heavy atom. The zero-order chi connectivity index (χ0) is 14.0. The first-order chi connectivity index (χ1) is 8.99. The Balaban J connectivity index is 2.07. The predicted octanol–water partition coefficient (Wildman–Crippen LogP) is 2.34. The van der Waals surface area contributed by atoms with Crippen molar-refractivity contribution in [3.05, 3.63) is 55.1 Å². The van der Waals surface area contributed by atoms with E-state index >= 15 is 0 Å². The Kier molecular flexibility index (Phi) is 4.07. The Labute approximate surface area is 119 Å². The van der Waals surface area contributed by atoms with Crippen molar-refractivity contribution in [3.63, 3.8) is 0 Å². The molecule has 6 heteroatoms. The van der Waals surface area contributed by atoms with Crippen LogP contribution in [0.5, 0.6) is 0 Å². The van der Waals surface area contributed by atoms with Gasteiger partial charge in [0.05, 0.1) is 0 Å². The molecule has 0 saturated carbocycles. The van der Waals surface area contributed by atoms with Crippen molar-refractivity contribution in [2.24, 2.45) is 7.05 Å². The molecule has 1 N–H and O–H groups in total. The van der Waals surface area contributed by atoms with Gasteiger partial charge in [-0.2, -0.15) is 0 Å². The topological polar surface area (TPSA) is 51.1 Å². The van der Waals surface area contributed by atoms with Crippen LogP contribution in [-0.4, -0.2) is 10.5 Å². The zero-order valence-corrected chi connectivity index (χ0v) is 12.1. The van der Waals surface area contributed by atoms with Crippen molar-refractivity contribution in [2.75, 3.05) is 0 Å². The molecule has 19 heavy (non-hydrogen) atoms. The first-order valence-electron chi connectivity index (χ1n) is 5.68. The van der Waals surface area contributed by atoms with Gasteiger partial charge >= 0.3 is 4.87 Å². The third-order valence-corrected chi connectivity index (χ3v) is 4.25. The minimum atomic E-state index is -0.227. The number of carbonyl (C=O) groups excluding carboxylic acids is 1. The molecule has 0 radical (unpaired) electrons. The lowest BCUT2D eigenvalue weighted by molar-refractivity contribution is 0.0954. The summed E-state index contributed by atoms with van der Waals surface area (Å²) >= 11 is 6.75. The van der Waals surface area contributed by atoms with Gasteiger partial charge in [-0.25, -0.2) is 0 Å². The summed E-state index contributed by atoms with van der Waals surface area (Å²) in [5, 5.41) is 3.45. The third kappa shape index (κ3) is 3.05. The van der Waals surface area contributed by atoms with Crippen molar-refractivity contribution in [1.82, 2.24) is 9.88 Å². The highest BCUT2D eigenvalue weighted by Gasteiger charge is 2.15. The monoisotopic (exact) mass is 296 g/mol. The average molecular weight is 297 g/mol. The summed E-state index contributed by atoms with van der Waals surface area (Å²) in [5.41, 5.74) is 1.64. The van der Waals surface area contributed by atoms with E-state index in [4.69, 9.17) is 11.6 Å². The van der Waals surface area contributed by atoms with E-state index < -0.39 is 0 Å². The molecule has 2 aromatic rings. The van der Waals surface area contributed by atoms with Crippen molar-refractivity contribution in [3.8, 4) is 0 Å². The molecule has 4 nitrogen and oxygen atoms in total. The van der Waals surface area contributed by atoms with E-state index in [9.17, 15) is 9.59 Å². The van der Waals surface area contributed by atoms with Crippen LogP contribution in [0, 0.1) is 6.92 Å². The van der Waals surface area contributed by atoms with E-state index in [-0.39, 0.29) is 10.8 Å². The molecule has 0 aliphatic rings. The standard InChI is InChI=1S/C13H13ClN2O2S/c1-8-11(19-13(18)16(8)2)12(17)15-7-9-3-5-10(14)6-4-9/h3-6H,7H2,1-2H3,(H,15,17). The second-order valence-electron chi connectivity index (χ2n) is 4.15. The predicted molar refractivity (Wildman–Crippen MR) is 76.9 cm³/mol. The molecule has 0 fully saturated rings. The van der Waals surface area contributed by atoms with E-state index in [0.29, 0.717) is 22.1 Å². The summed E-state index contributed by atoms with van der Waals surface area (Å²) in [5.74, 6) is -0.227. The first-order valence-corrected chi connectivity index (χ1v) is 6.87. The van der Waals surface area contributed by atoms with Gasteiger partial charge in [-0.3, -0.25) is 9.59 Å². The summed E-state index contributed by atoms with van der Waals surface area (Å²) in [6.07, 6.45) is 0. The second-order valence-corrected chi connectivity index (χ2v) is 5.55. The summed E-state index contributed by atoms with van der Waals surface area (Å²) in [6.45, 7) is 2.17. The molecule has 1 aromatic heterocycles. The Morgan fingerprint density at radius 1 is 1.37 bits per heavy atom. The molecule has 0 bridgehead atoms. The fraction of sp³-hybridized carbons (Fsp3) is 0.231. The Hall–Kier alpha value is -1.59. The van der Waals surface area contributed by atoms with Gasteiger partial charge in [0, 0.05) is 24.3 Å². The van der Waals surface area contributed by atoms with E-state index in [1.54, 1.807) is 26.1 Å². The second kappa shape index (κ2) is 5.59. The van der Waals surface area contributed by atoms with Crippen LogP contribution in [0.15, 0.2) is 29.1 Å². The van der Waals surface area contributed by atoms with Gasteiger partial charge in [-0.15, -0.1) is 0 Å². The van der Waals surface area contributed by atoms with Crippen LogP contribution in [0.2, 0.25) is 5.02 Å². The molecule has 1 aromatic carbocycles. The molecule has 2 rings (SSSR count). The van der Waals surface area contributed by atoms with Crippen molar-refractivity contribution in [1.29, 1.82) is 0 Å². The van der Waals surface area contributed by atoms with Crippen LogP contribution in [0.1, 0.15) is 20.9 Å². The Bertz CT molecular complexity index is 658. The van der Waals surface area contributed by atoms with Gasteiger partial charge < -0.3 is 9.88 Å². The van der Waals surface area contributed by atoms with Crippen molar-refractivity contribution < 1.29 is 4.79 Å². The number of hydrogen-bond donors (Lipinski definition) is 1. The van der Waals surface area contributed by atoms with E-state index in [2.05, 4.69) is 5.32 Å². The van der Waals surface area contributed by atoms with E-state index in [1.165, 1.54) is 4.57 Å². The normalized spacial score (nSPS) is 10.5. The number of benzene rings is 1. The van der Waals surface area contributed by atoms with Gasteiger partial charge in [-0.05, 0) is 24.6 Å². The SMILES string of the molecule is Cc1c(C(=O)NCc2ccc(Cl)cc2)sc(=O)n1C. The van der Waals surface area contributed by atoms with Crippen LogP contribution >= 0.6 is 22.9 Å². The maximum absolute atomic E-state index is 12.0. The zero-order valence-electron chi connectivity index (χ0n) is 10.6. The molecule has 0 aliphatic carbocycles. The van der Waals surface area contributed by atoms with Crippen LogP contribution in [0.25, 0.3) is 0 Å². The number of carbonyl (C=O) groups is 1. The summed E-state index contributed by atoms with van der Waals surface area (Å²) in [7, 11) is 1.66. The highest BCUT2D eigenvalue weighted by atomic mass is 35.5. The highest BCUT2D eigenvalue weighted by Crippen LogP contribution is 2.12. The average Bonchev–Trinajstić information content (AvgIpc) is 2.65. The maximum Gasteiger partial charge on any atom is 0.307 e.